The summed E-state index contributed by atoms with van der Waals surface area (Å²) in [6, 6.07) is 6.88. The lowest BCUT2D eigenvalue weighted by Crippen LogP contribution is -2.14. The number of amides is 1. The molecule has 4 nitrogen and oxygen atoms in total. The molecule has 0 saturated carbocycles. The molecule has 0 saturated heterocycles. The molecule has 130 valence electrons. The van der Waals surface area contributed by atoms with Crippen molar-refractivity contribution in [3.8, 4) is 5.69 Å². The molecule has 0 aliphatic rings. The first-order valence-corrected chi connectivity index (χ1v) is 8.23. The van der Waals surface area contributed by atoms with Crippen LogP contribution in [0.25, 0.3) is 5.69 Å². The fourth-order valence-corrected chi connectivity index (χ4v) is 3.25. The van der Waals surface area contributed by atoms with E-state index in [-0.39, 0.29) is 5.69 Å². The highest BCUT2D eigenvalue weighted by molar-refractivity contribution is 7.13. The molecule has 3 aromatic rings. The maximum Gasteiger partial charge on any atom is 0.418 e. The molecule has 0 spiro atoms. The lowest BCUT2D eigenvalue weighted by Gasteiger charge is -2.16. The Labute approximate surface area is 145 Å². The molecule has 3 rings (SSSR count). The molecule has 0 radical (unpaired) electrons. The number of anilines is 1. The highest BCUT2D eigenvalue weighted by Gasteiger charge is 2.34. The van der Waals surface area contributed by atoms with E-state index in [0.717, 1.165) is 6.07 Å². The van der Waals surface area contributed by atoms with E-state index in [1.54, 1.807) is 37.6 Å². The molecule has 0 atom stereocenters. The standard InChI is InChI=1S/C17H14F3N3OS/c1-10-9-12(15(24)22-16-21-7-8-25-16)11(2)23(10)14-6-4-3-5-13(14)17(18,19)20/h3-9H,1-2H3,(H,21,22,24). The molecule has 25 heavy (non-hydrogen) atoms. The number of para-hydroxylation sites is 1. The van der Waals surface area contributed by atoms with Gasteiger partial charge in [0.05, 0.1) is 16.8 Å². The zero-order chi connectivity index (χ0) is 18.2. The summed E-state index contributed by atoms with van der Waals surface area (Å²) >= 11 is 1.27. The average molecular weight is 365 g/mol. The van der Waals surface area contributed by atoms with Crippen LogP contribution in [0.3, 0.4) is 0 Å². The molecule has 8 heteroatoms. The van der Waals surface area contributed by atoms with Crippen molar-refractivity contribution >= 4 is 22.4 Å². The van der Waals surface area contributed by atoms with E-state index >= 15 is 0 Å². The van der Waals surface area contributed by atoms with Gasteiger partial charge in [0.25, 0.3) is 5.91 Å². The first-order valence-electron chi connectivity index (χ1n) is 7.35. The molecule has 0 bridgehead atoms. The van der Waals surface area contributed by atoms with E-state index in [2.05, 4.69) is 10.3 Å². The maximum absolute atomic E-state index is 13.3. The van der Waals surface area contributed by atoms with Crippen LogP contribution in [0.2, 0.25) is 0 Å². The van der Waals surface area contributed by atoms with Gasteiger partial charge in [-0.2, -0.15) is 13.2 Å². The van der Waals surface area contributed by atoms with Crippen LogP contribution >= 0.6 is 11.3 Å². The molecular formula is C17H14F3N3OS. The van der Waals surface area contributed by atoms with Crippen molar-refractivity contribution in [3.05, 3.63) is 64.4 Å². The Morgan fingerprint density at radius 2 is 1.96 bits per heavy atom. The van der Waals surface area contributed by atoms with Crippen LogP contribution in [0, 0.1) is 13.8 Å². The number of nitrogens with zero attached hydrogens (tertiary/aromatic N) is 2. The molecule has 0 aliphatic carbocycles. The van der Waals surface area contributed by atoms with E-state index in [1.807, 2.05) is 0 Å². The zero-order valence-electron chi connectivity index (χ0n) is 13.4. The van der Waals surface area contributed by atoms with E-state index in [9.17, 15) is 18.0 Å². The third kappa shape index (κ3) is 3.30. The van der Waals surface area contributed by atoms with Gasteiger partial charge in [0.15, 0.2) is 5.13 Å². The second-order valence-corrected chi connectivity index (χ2v) is 6.32. The zero-order valence-corrected chi connectivity index (χ0v) is 14.2. The largest absolute Gasteiger partial charge is 0.418 e. The second-order valence-electron chi connectivity index (χ2n) is 5.43. The monoisotopic (exact) mass is 365 g/mol. The van der Waals surface area contributed by atoms with Gasteiger partial charge in [-0.05, 0) is 32.0 Å². The summed E-state index contributed by atoms with van der Waals surface area (Å²) in [6.45, 7) is 3.29. The number of hydrogen-bond donors (Lipinski definition) is 1. The Morgan fingerprint density at radius 3 is 2.60 bits per heavy atom. The lowest BCUT2D eigenvalue weighted by molar-refractivity contribution is -0.137. The number of aromatic nitrogens is 2. The second kappa shape index (κ2) is 6.36. The van der Waals surface area contributed by atoms with Crippen molar-refractivity contribution in [1.29, 1.82) is 0 Å². The number of benzene rings is 1. The van der Waals surface area contributed by atoms with Crippen molar-refractivity contribution in [2.45, 2.75) is 20.0 Å². The van der Waals surface area contributed by atoms with Crippen molar-refractivity contribution in [2.24, 2.45) is 0 Å². The number of nitrogens with one attached hydrogen (secondary N) is 1. The number of carbonyl (C=O) groups is 1. The van der Waals surface area contributed by atoms with Crippen LogP contribution in [0.15, 0.2) is 41.9 Å². The summed E-state index contributed by atoms with van der Waals surface area (Å²) in [5.74, 6) is -0.404. The minimum atomic E-state index is -4.48. The number of carbonyl (C=O) groups excluding carboxylic acids is 1. The molecule has 2 aromatic heterocycles. The smallest absolute Gasteiger partial charge is 0.317 e. The van der Waals surface area contributed by atoms with Gasteiger partial charge < -0.3 is 4.57 Å². The van der Waals surface area contributed by atoms with Crippen LogP contribution in [0.4, 0.5) is 18.3 Å². The van der Waals surface area contributed by atoms with Gasteiger partial charge in [0.2, 0.25) is 0 Å². The molecule has 1 aromatic carbocycles. The Balaban J connectivity index is 2.06. The van der Waals surface area contributed by atoms with E-state index in [4.69, 9.17) is 0 Å². The predicted molar refractivity (Wildman–Crippen MR) is 90.3 cm³/mol. The Kier molecular flexibility index (Phi) is 4.38. The third-order valence-corrected chi connectivity index (χ3v) is 4.47. The van der Waals surface area contributed by atoms with Crippen LogP contribution in [-0.2, 0) is 6.18 Å². The van der Waals surface area contributed by atoms with Crippen molar-refractivity contribution in [3.63, 3.8) is 0 Å². The fraction of sp³-hybridized carbons (Fsp3) is 0.176. The minimum absolute atomic E-state index is 0.00158. The van der Waals surface area contributed by atoms with Gasteiger partial charge >= 0.3 is 6.18 Å². The number of alkyl halides is 3. The quantitative estimate of drug-likeness (QED) is 0.723. The summed E-state index contributed by atoms with van der Waals surface area (Å²) in [6.07, 6.45) is -2.92. The summed E-state index contributed by atoms with van der Waals surface area (Å²) < 4.78 is 41.4. The number of aryl methyl sites for hydroxylation is 1. The predicted octanol–water partition coefficient (Wildman–Crippen LogP) is 4.82. The topological polar surface area (TPSA) is 46.9 Å². The van der Waals surface area contributed by atoms with E-state index in [1.165, 1.54) is 28.0 Å². The fourth-order valence-electron chi connectivity index (χ4n) is 2.72. The Bertz CT molecular complexity index is 914. The number of hydrogen-bond acceptors (Lipinski definition) is 3. The van der Waals surface area contributed by atoms with Crippen molar-refractivity contribution < 1.29 is 18.0 Å². The van der Waals surface area contributed by atoms with Gasteiger partial charge in [-0.15, -0.1) is 11.3 Å². The molecule has 0 fully saturated rings. The normalized spacial score (nSPS) is 11.6. The van der Waals surface area contributed by atoms with Crippen molar-refractivity contribution in [1.82, 2.24) is 9.55 Å². The Hall–Kier alpha value is -2.61. The van der Waals surface area contributed by atoms with Crippen LogP contribution in [0.5, 0.6) is 0 Å². The first-order chi connectivity index (χ1) is 11.8. The highest BCUT2D eigenvalue weighted by Crippen LogP contribution is 2.35. The third-order valence-electron chi connectivity index (χ3n) is 3.78. The SMILES string of the molecule is Cc1cc(C(=O)Nc2nccs2)c(C)n1-c1ccccc1C(F)(F)F. The van der Waals surface area contributed by atoms with Gasteiger partial charge in [0, 0.05) is 23.0 Å². The number of rotatable bonds is 3. The summed E-state index contributed by atoms with van der Waals surface area (Å²) in [5.41, 5.74) is 0.536. The maximum atomic E-state index is 13.3. The summed E-state index contributed by atoms with van der Waals surface area (Å²) in [5, 5.41) is 4.81. The molecule has 1 amide bonds. The van der Waals surface area contributed by atoms with Crippen LogP contribution in [0.1, 0.15) is 27.3 Å². The van der Waals surface area contributed by atoms with E-state index in [0.29, 0.717) is 22.1 Å². The first kappa shape index (κ1) is 17.2. The molecule has 0 unspecified atom stereocenters. The number of halogens is 3. The van der Waals surface area contributed by atoms with Crippen LogP contribution < -0.4 is 5.32 Å². The molecule has 1 N–H and O–H groups in total. The van der Waals surface area contributed by atoms with Gasteiger partial charge in [-0.1, -0.05) is 12.1 Å². The van der Waals surface area contributed by atoms with E-state index < -0.39 is 17.6 Å². The summed E-state index contributed by atoms with van der Waals surface area (Å²) in [7, 11) is 0. The highest BCUT2D eigenvalue weighted by atomic mass is 32.1. The Morgan fingerprint density at radius 1 is 1.24 bits per heavy atom. The van der Waals surface area contributed by atoms with Gasteiger partial charge in [-0.25, -0.2) is 4.98 Å². The molecule has 2 heterocycles. The summed E-state index contributed by atoms with van der Waals surface area (Å²) in [4.78, 5) is 16.4. The van der Waals surface area contributed by atoms with Gasteiger partial charge in [-0.3, -0.25) is 10.1 Å². The number of thiazole rings is 1. The lowest BCUT2D eigenvalue weighted by atomic mass is 10.1. The van der Waals surface area contributed by atoms with Crippen LogP contribution in [-0.4, -0.2) is 15.5 Å². The minimum Gasteiger partial charge on any atom is -0.317 e. The van der Waals surface area contributed by atoms with Crippen molar-refractivity contribution in [2.75, 3.05) is 5.32 Å². The van der Waals surface area contributed by atoms with Gasteiger partial charge in [0.1, 0.15) is 0 Å². The molecule has 0 aliphatic heterocycles. The molecular weight excluding hydrogens is 351 g/mol. The average Bonchev–Trinajstić information content (AvgIpc) is 3.14.